The Morgan fingerprint density at radius 3 is 2.46 bits per heavy atom. The first-order valence-corrected chi connectivity index (χ1v) is 13.0. The number of amides is 2. The van der Waals surface area contributed by atoms with E-state index in [1.165, 1.54) is 52.0 Å². The molecule has 180 valence electrons. The highest BCUT2D eigenvalue weighted by Crippen LogP contribution is 2.40. The number of carbonyl (C=O) groups is 1. The molecule has 1 aliphatic heterocycles. The zero-order valence-electron chi connectivity index (χ0n) is 20.0. The van der Waals surface area contributed by atoms with E-state index >= 15 is 0 Å². The standard InChI is InChI=1S/C29H31N3O2S/c1-30-29(33)31-23-12-10-22(11-13-23)28-26(25-6-2-3-7-27(25)35-28)20-21-8-14-24(15-9-21)34-19-18-32-16-4-5-17-32/h2-3,6-15H,4-5,16-20H2,1H3,(H2,30,31,33). The van der Waals surface area contributed by atoms with Crippen LogP contribution in [0.15, 0.2) is 72.8 Å². The SMILES string of the molecule is CNC(=O)Nc1ccc(-c2sc3ccccc3c2Cc2ccc(OCCN3CCCC3)cc2)cc1. The fourth-order valence-electron chi connectivity index (χ4n) is 4.61. The Bertz CT molecular complexity index is 1280. The Morgan fingerprint density at radius 1 is 0.971 bits per heavy atom. The molecule has 6 heteroatoms. The van der Waals surface area contributed by atoms with Crippen LogP contribution in [0, 0.1) is 0 Å². The van der Waals surface area contributed by atoms with Gasteiger partial charge in [-0.1, -0.05) is 42.5 Å². The van der Waals surface area contributed by atoms with Crippen molar-refractivity contribution in [3.8, 4) is 16.2 Å². The maximum Gasteiger partial charge on any atom is 0.318 e. The molecule has 0 saturated carbocycles. The van der Waals surface area contributed by atoms with Crippen molar-refractivity contribution in [2.75, 3.05) is 38.6 Å². The van der Waals surface area contributed by atoms with Gasteiger partial charge in [0.15, 0.2) is 0 Å². The molecule has 2 amide bonds. The normalized spacial score (nSPS) is 13.7. The molecule has 35 heavy (non-hydrogen) atoms. The second-order valence-corrected chi connectivity index (χ2v) is 9.96. The van der Waals surface area contributed by atoms with Crippen LogP contribution in [0.25, 0.3) is 20.5 Å². The fraction of sp³-hybridized carbons (Fsp3) is 0.276. The summed E-state index contributed by atoms with van der Waals surface area (Å²) in [5, 5.41) is 6.71. The Labute approximate surface area is 210 Å². The van der Waals surface area contributed by atoms with E-state index < -0.39 is 0 Å². The molecule has 5 rings (SSSR count). The number of anilines is 1. The lowest BCUT2D eigenvalue weighted by Gasteiger charge is -2.15. The van der Waals surface area contributed by atoms with Crippen LogP contribution in [0.2, 0.25) is 0 Å². The highest BCUT2D eigenvalue weighted by atomic mass is 32.1. The average molecular weight is 486 g/mol. The summed E-state index contributed by atoms with van der Waals surface area (Å²) in [5.74, 6) is 0.933. The minimum Gasteiger partial charge on any atom is -0.492 e. The molecule has 2 N–H and O–H groups in total. The number of carbonyl (C=O) groups excluding carboxylic acids is 1. The van der Waals surface area contributed by atoms with Gasteiger partial charge in [-0.15, -0.1) is 11.3 Å². The Morgan fingerprint density at radius 2 is 1.71 bits per heavy atom. The van der Waals surface area contributed by atoms with Gasteiger partial charge in [0, 0.05) is 28.9 Å². The molecule has 3 aromatic carbocycles. The molecule has 1 fully saturated rings. The van der Waals surface area contributed by atoms with Gasteiger partial charge >= 0.3 is 6.03 Å². The van der Waals surface area contributed by atoms with Gasteiger partial charge in [-0.05, 0) is 84.8 Å². The number of rotatable bonds is 8. The monoisotopic (exact) mass is 485 g/mol. The van der Waals surface area contributed by atoms with E-state index in [1.54, 1.807) is 7.05 Å². The number of nitrogens with one attached hydrogen (secondary N) is 2. The predicted octanol–water partition coefficient (Wildman–Crippen LogP) is 6.39. The first kappa shape index (κ1) is 23.4. The molecule has 0 unspecified atom stereocenters. The molecule has 1 saturated heterocycles. The number of thiophene rings is 1. The molecular weight excluding hydrogens is 454 g/mol. The van der Waals surface area contributed by atoms with Crippen LogP contribution in [0.1, 0.15) is 24.0 Å². The number of fused-ring (bicyclic) bond motifs is 1. The lowest BCUT2D eigenvalue weighted by molar-refractivity contribution is 0.238. The van der Waals surface area contributed by atoms with Gasteiger partial charge in [0.2, 0.25) is 0 Å². The number of ether oxygens (including phenoxy) is 1. The summed E-state index contributed by atoms with van der Waals surface area (Å²) in [6.07, 6.45) is 3.47. The van der Waals surface area contributed by atoms with Crippen LogP contribution in [-0.2, 0) is 6.42 Å². The van der Waals surface area contributed by atoms with Crippen molar-refractivity contribution in [2.45, 2.75) is 19.3 Å². The molecule has 4 aromatic rings. The third kappa shape index (κ3) is 5.66. The minimum atomic E-state index is -0.219. The maximum absolute atomic E-state index is 11.6. The van der Waals surface area contributed by atoms with Crippen molar-refractivity contribution in [3.05, 3.63) is 83.9 Å². The van der Waals surface area contributed by atoms with Crippen molar-refractivity contribution in [1.29, 1.82) is 0 Å². The van der Waals surface area contributed by atoms with Crippen LogP contribution >= 0.6 is 11.3 Å². The van der Waals surface area contributed by atoms with Crippen LogP contribution in [-0.4, -0.2) is 44.2 Å². The van der Waals surface area contributed by atoms with E-state index in [4.69, 9.17) is 4.74 Å². The second kappa shape index (κ2) is 10.9. The Kier molecular flexibility index (Phi) is 7.31. The zero-order valence-corrected chi connectivity index (χ0v) is 20.9. The van der Waals surface area contributed by atoms with Crippen molar-refractivity contribution in [2.24, 2.45) is 0 Å². The van der Waals surface area contributed by atoms with E-state index in [-0.39, 0.29) is 6.03 Å². The molecule has 0 bridgehead atoms. The molecule has 1 aromatic heterocycles. The van der Waals surface area contributed by atoms with Crippen LogP contribution in [0.5, 0.6) is 5.75 Å². The molecule has 0 aliphatic carbocycles. The van der Waals surface area contributed by atoms with Gasteiger partial charge < -0.3 is 15.4 Å². The van der Waals surface area contributed by atoms with Crippen LogP contribution < -0.4 is 15.4 Å². The molecule has 0 radical (unpaired) electrons. The first-order chi connectivity index (χ1) is 17.2. The van der Waals surface area contributed by atoms with Gasteiger partial charge in [0.1, 0.15) is 12.4 Å². The van der Waals surface area contributed by atoms with E-state index in [9.17, 15) is 4.79 Å². The quantitative estimate of drug-likeness (QED) is 0.304. The molecular formula is C29H31N3O2S. The van der Waals surface area contributed by atoms with E-state index in [2.05, 4.69) is 76.2 Å². The van der Waals surface area contributed by atoms with Gasteiger partial charge in [0.25, 0.3) is 0 Å². The maximum atomic E-state index is 11.6. The van der Waals surface area contributed by atoms with E-state index in [0.717, 1.165) is 36.6 Å². The van der Waals surface area contributed by atoms with Crippen molar-refractivity contribution in [3.63, 3.8) is 0 Å². The summed E-state index contributed by atoms with van der Waals surface area (Å²) in [4.78, 5) is 15.4. The number of benzene rings is 3. The molecule has 2 heterocycles. The average Bonchev–Trinajstić information content (AvgIpc) is 3.54. The Hall–Kier alpha value is -3.35. The largest absolute Gasteiger partial charge is 0.492 e. The summed E-state index contributed by atoms with van der Waals surface area (Å²) in [5.41, 5.74) is 4.53. The predicted molar refractivity (Wildman–Crippen MR) is 146 cm³/mol. The summed E-state index contributed by atoms with van der Waals surface area (Å²) in [6, 6.07) is 25.0. The lowest BCUT2D eigenvalue weighted by Crippen LogP contribution is -2.25. The third-order valence-corrected chi connectivity index (χ3v) is 7.77. The number of hydrogen-bond acceptors (Lipinski definition) is 4. The van der Waals surface area contributed by atoms with Gasteiger partial charge in [-0.2, -0.15) is 0 Å². The number of nitrogens with zero attached hydrogens (tertiary/aromatic N) is 1. The molecule has 0 spiro atoms. The highest BCUT2D eigenvalue weighted by Gasteiger charge is 2.15. The number of hydrogen-bond donors (Lipinski definition) is 2. The summed E-state index contributed by atoms with van der Waals surface area (Å²) >= 11 is 1.82. The summed E-state index contributed by atoms with van der Waals surface area (Å²) in [7, 11) is 1.61. The van der Waals surface area contributed by atoms with Gasteiger partial charge in [-0.25, -0.2) is 4.79 Å². The van der Waals surface area contributed by atoms with Crippen LogP contribution in [0.3, 0.4) is 0 Å². The number of urea groups is 1. The minimum absolute atomic E-state index is 0.219. The third-order valence-electron chi connectivity index (χ3n) is 6.51. The fourth-order valence-corrected chi connectivity index (χ4v) is 5.84. The number of likely N-dealkylation sites (tertiary alicyclic amines) is 1. The second-order valence-electron chi connectivity index (χ2n) is 8.91. The van der Waals surface area contributed by atoms with Gasteiger partial charge in [-0.3, -0.25) is 4.90 Å². The first-order valence-electron chi connectivity index (χ1n) is 12.2. The van der Waals surface area contributed by atoms with E-state index in [0.29, 0.717) is 0 Å². The molecule has 5 nitrogen and oxygen atoms in total. The topological polar surface area (TPSA) is 53.6 Å². The van der Waals surface area contributed by atoms with Gasteiger partial charge in [0.05, 0.1) is 0 Å². The van der Waals surface area contributed by atoms with Crippen molar-refractivity contribution < 1.29 is 9.53 Å². The van der Waals surface area contributed by atoms with E-state index in [1.807, 2.05) is 23.5 Å². The van der Waals surface area contributed by atoms with Crippen LogP contribution in [0.4, 0.5) is 10.5 Å². The Balaban J connectivity index is 1.33. The van der Waals surface area contributed by atoms with Crippen molar-refractivity contribution >= 4 is 33.1 Å². The molecule has 1 aliphatic rings. The lowest BCUT2D eigenvalue weighted by atomic mass is 9.99. The smallest absolute Gasteiger partial charge is 0.318 e. The van der Waals surface area contributed by atoms with Crippen molar-refractivity contribution in [1.82, 2.24) is 10.2 Å². The molecule has 0 atom stereocenters. The summed E-state index contributed by atoms with van der Waals surface area (Å²) < 4.78 is 7.28. The summed E-state index contributed by atoms with van der Waals surface area (Å²) in [6.45, 7) is 4.14. The highest BCUT2D eigenvalue weighted by molar-refractivity contribution is 7.22. The zero-order chi connectivity index (χ0) is 24.0.